The van der Waals surface area contributed by atoms with Crippen molar-refractivity contribution in [2.75, 3.05) is 46.5 Å². The Kier molecular flexibility index (Phi) is 8.04. The fraction of sp³-hybridized carbons (Fsp3) is 0.391. The number of morpholine rings is 1. The number of alkyl halides is 3. The van der Waals surface area contributed by atoms with Gasteiger partial charge in [-0.05, 0) is 42.5 Å². The number of hydrogen-bond donors (Lipinski definition) is 0. The lowest BCUT2D eigenvalue weighted by Gasteiger charge is -2.36. The van der Waals surface area contributed by atoms with Gasteiger partial charge in [0.1, 0.15) is 5.82 Å². The largest absolute Gasteiger partial charge is 0.416 e. The molecule has 2 amide bonds. The molecule has 1 aliphatic rings. The van der Waals surface area contributed by atoms with Gasteiger partial charge in [0, 0.05) is 44.4 Å². The van der Waals surface area contributed by atoms with Gasteiger partial charge in [-0.1, -0.05) is 6.07 Å². The van der Waals surface area contributed by atoms with Crippen LogP contribution in [0, 0.1) is 5.82 Å². The molecule has 0 aliphatic carbocycles. The molecule has 178 valence electrons. The Morgan fingerprint density at radius 1 is 1.15 bits per heavy atom. The SMILES string of the molecule is COCCN(C[C@@H]1CN(C(=O)c2ccc(C(F)(F)F)cc2)CCO1)C(=O)c1cccc(F)c1. The van der Waals surface area contributed by atoms with Crippen LogP contribution in [0.5, 0.6) is 0 Å². The number of carbonyl (C=O) groups excluding carboxylic acids is 2. The number of benzene rings is 2. The van der Waals surface area contributed by atoms with Crippen molar-refractivity contribution < 1.29 is 36.6 Å². The average Bonchev–Trinajstić information content (AvgIpc) is 2.80. The van der Waals surface area contributed by atoms with Crippen molar-refractivity contribution in [3.05, 3.63) is 71.0 Å². The van der Waals surface area contributed by atoms with E-state index in [0.717, 1.165) is 30.3 Å². The minimum atomic E-state index is -4.48. The third-order valence-corrected chi connectivity index (χ3v) is 5.23. The molecule has 0 spiro atoms. The minimum Gasteiger partial charge on any atom is -0.383 e. The summed E-state index contributed by atoms with van der Waals surface area (Å²) in [6, 6.07) is 9.37. The van der Waals surface area contributed by atoms with Gasteiger partial charge in [0.2, 0.25) is 0 Å². The first-order valence-corrected chi connectivity index (χ1v) is 10.3. The molecule has 0 radical (unpaired) electrons. The molecular formula is C23H24F4N2O4. The maximum Gasteiger partial charge on any atom is 0.416 e. The molecule has 6 nitrogen and oxygen atoms in total. The summed E-state index contributed by atoms with van der Waals surface area (Å²) in [5, 5.41) is 0. The summed E-state index contributed by atoms with van der Waals surface area (Å²) < 4.78 is 62.7. The number of nitrogens with zero attached hydrogens (tertiary/aromatic N) is 2. The van der Waals surface area contributed by atoms with Gasteiger partial charge < -0.3 is 19.3 Å². The number of halogens is 4. The van der Waals surface area contributed by atoms with E-state index in [-0.39, 0.29) is 50.5 Å². The number of rotatable bonds is 7. The number of amides is 2. The molecule has 2 aromatic rings. The molecule has 1 aliphatic heterocycles. The Morgan fingerprint density at radius 3 is 2.52 bits per heavy atom. The first kappa shape index (κ1) is 24.7. The van der Waals surface area contributed by atoms with Crippen LogP contribution >= 0.6 is 0 Å². The molecule has 2 aromatic carbocycles. The van der Waals surface area contributed by atoms with Gasteiger partial charge in [0.05, 0.1) is 24.9 Å². The molecule has 0 N–H and O–H groups in total. The lowest BCUT2D eigenvalue weighted by molar-refractivity contribution is -0.137. The average molecular weight is 468 g/mol. The van der Waals surface area contributed by atoms with Gasteiger partial charge in [-0.25, -0.2) is 4.39 Å². The Labute approximate surface area is 188 Å². The second-order valence-electron chi connectivity index (χ2n) is 7.57. The molecular weight excluding hydrogens is 444 g/mol. The van der Waals surface area contributed by atoms with E-state index < -0.39 is 35.5 Å². The second kappa shape index (κ2) is 10.8. The van der Waals surface area contributed by atoms with E-state index in [1.54, 1.807) is 0 Å². The van der Waals surface area contributed by atoms with E-state index in [2.05, 4.69) is 0 Å². The minimum absolute atomic E-state index is 0.134. The topological polar surface area (TPSA) is 59.1 Å². The highest BCUT2D eigenvalue weighted by Gasteiger charge is 2.31. The van der Waals surface area contributed by atoms with Crippen LogP contribution in [0.2, 0.25) is 0 Å². The van der Waals surface area contributed by atoms with E-state index in [9.17, 15) is 27.2 Å². The van der Waals surface area contributed by atoms with Gasteiger partial charge in [0.15, 0.2) is 0 Å². The highest BCUT2D eigenvalue weighted by molar-refractivity contribution is 5.95. The van der Waals surface area contributed by atoms with Crippen LogP contribution in [0.15, 0.2) is 48.5 Å². The lowest BCUT2D eigenvalue weighted by Crippen LogP contribution is -2.51. The predicted octanol–water partition coefficient (Wildman–Crippen LogP) is 3.47. The summed E-state index contributed by atoms with van der Waals surface area (Å²) in [6.07, 6.45) is -5.00. The van der Waals surface area contributed by atoms with Crippen molar-refractivity contribution in [2.45, 2.75) is 12.3 Å². The predicted molar refractivity (Wildman–Crippen MR) is 111 cm³/mol. The smallest absolute Gasteiger partial charge is 0.383 e. The van der Waals surface area contributed by atoms with Gasteiger partial charge >= 0.3 is 6.18 Å². The highest BCUT2D eigenvalue weighted by atomic mass is 19.4. The molecule has 0 saturated carbocycles. The summed E-state index contributed by atoms with van der Waals surface area (Å²) in [5.41, 5.74) is -0.515. The Balaban J connectivity index is 1.68. The second-order valence-corrected chi connectivity index (χ2v) is 7.57. The standard InChI is InChI=1S/C23H24F4N2O4/c1-32-11-9-28(22(31)17-3-2-4-19(24)13-17)14-20-15-29(10-12-33-20)21(30)16-5-7-18(8-6-16)23(25,26)27/h2-8,13,20H,9-12,14-15H2,1H3/t20-/m1/s1. The van der Waals surface area contributed by atoms with E-state index >= 15 is 0 Å². The maximum atomic E-state index is 13.6. The van der Waals surface area contributed by atoms with Crippen LogP contribution in [0.25, 0.3) is 0 Å². The molecule has 33 heavy (non-hydrogen) atoms. The summed E-state index contributed by atoms with van der Waals surface area (Å²) in [6.45, 7) is 1.26. The molecule has 1 atom stereocenters. The molecule has 3 rings (SSSR count). The van der Waals surface area contributed by atoms with Crippen molar-refractivity contribution in [1.82, 2.24) is 9.80 Å². The quantitative estimate of drug-likeness (QED) is 0.584. The molecule has 0 unspecified atom stereocenters. The summed E-state index contributed by atoms with van der Waals surface area (Å²) in [5.74, 6) is -1.35. The van der Waals surface area contributed by atoms with E-state index in [1.807, 2.05) is 0 Å². The first-order chi connectivity index (χ1) is 15.7. The van der Waals surface area contributed by atoms with Crippen LogP contribution in [-0.2, 0) is 15.7 Å². The Morgan fingerprint density at radius 2 is 1.88 bits per heavy atom. The zero-order chi connectivity index (χ0) is 24.0. The van der Waals surface area contributed by atoms with Crippen LogP contribution in [0.3, 0.4) is 0 Å². The molecule has 1 heterocycles. The van der Waals surface area contributed by atoms with Gasteiger partial charge in [-0.3, -0.25) is 9.59 Å². The number of carbonyl (C=O) groups is 2. The van der Waals surface area contributed by atoms with Crippen molar-refractivity contribution >= 4 is 11.8 Å². The Hall–Kier alpha value is -2.98. The van der Waals surface area contributed by atoms with Crippen molar-refractivity contribution in [1.29, 1.82) is 0 Å². The summed E-state index contributed by atoms with van der Waals surface area (Å²) in [4.78, 5) is 28.7. The zero-order valence-electron chi connectivity index (χ0n) is 18.0. The normalized spacial score (nSPS) is 16.5. The highest BCUT2D eigenvalue weighted by Crippen LogP contribution is 2.29. The maximum absolute atomic E-state index is 13.6. The van der Waals surface area contributed by atoms with Crippen LogP contribution < -0.4 is 0 Å². The van der Waals surface area contributed by atoms with Crippen molar-refractivity contribution in [2.24, 2.45) is 0 Å². The third-order valence-electron chi connectivity index (χ3n) is 5.23. The Bertz CT molecular complexity index is 966. The van der Waals surface area contributed by atoms with Gasteiger partial charge in [0.25, 0.3) is 11.8 Å². The van der Waals surface area contributed by atoms with Crippen LogP contribution in [0.1, 0.15) is 26.3 Å². The third kappa shape index (κ3) is 6.52. The van der Waals surface area contributed by atoms with E-state index in [1.165, 1.54) is 35.1 Å². The first-order valence-electron chi connectivity index (χ1n) is 10.3. The molecule has 0 aromatic heterocycles. The number of hydrogen-bond acceptors (Lipinski definition) is 4. The van der Waals surface area contributed by atoms with Gasteiger partial charge in [-0.15, -0.1) is 0 Å². The van der Waals surface area contributed by atoms with Crippen molar-refractivity contribution in [3.63, 3.8) is 0 Å². The van der Waals surface area contributed by atoms with Gasteiger partial charge in [-0.2, -0.15) is 13.2 Å². The van der Waals surface area contributed by atoms with Crippen LogP contribution in [-0.4, -0.2) is 74.2 Å². The number of methoxy groups -OCH3 is 1. The molecule has 0 bridgehead atoms. The summed E-state index contributed by atoms with van der Waals surface area (Å²) in [7, 11) is 1.49. The lowest BCUT2D eigenvalue weighted by atomic mass is 10.1. The monoisotopic (exact) mass is 468 g/mol. The summed E-state index contributed by atoms with van der Waals surface area (Å²) >= 11 is 0. The van der Waals surface area contributed by atoms with E-state index in [0.29, 0.717) is 0 Å². The molecule has 1 fully saturated rings. The van der Waals surface area contributed by atoms with Crippen LogP contribution in [0.4, 0.5) is 17.6 Å². The molecule has 1 saturated heterocycles. The number of ether oxygens (including phenoxy) is 2. The fourth-order valence-corrected chi connectivity index (χ4v) is 3.53. The zero-order valence-corrected chi connectivity index (χ0v) is 18.0. The van der Waals surface area contributed by atoms with Crippen molar-refractivity contribution in [3.8, 4) is 0 Å². The fourth-order valence-electron chi connectivity index (χ4n) is 3.53. The van der Waals surface area contributed by atoms with E-state index in [4.69, 9.17) is 9.47 Å². The molecule has 10 heteroatoms.